The summed E-state index contributed by atoms with van der Waals surface area (Å²) in [5.41, 5.74) is 7.35. The second-order valence-corrected chi connectivity index (χ2v) is 11.9. The van der Waals surface area contributed by atoms with Gasteiger partial charge in [0.25, 0.3) is 5.91 Å². The minimum atomic E-state index is -1.33. The minimum absolute atomic E-state index is 0.0332. The first kappa shape index (κ1) is 29.4. The number of hydrogen-bond acceptors (Lipinski definition) is 9. The van der Waals surface area contributed by atoms with Gasteiger partial charge in [-0.05, 0) is 68.5 Å². The largest absolute Gasteiger partial charge is 0.507 e. The predicted molar refractivity (Wildman–Crippen MR) is 150 cm³/mol. The molecular formula is C28H41N5O5S. The Hall–Kier alpha value is -2.57. The summed E-state index contributed by atoms with van der Waals surface area (Å²) in [5.74, 6) is 1.00. The van der Waals surface area contributed by atoms with Gasteiger partial charge in [0, 0.05) is 57.8 Å². The van der Waals surface area contributed by atoms with Crippen molar-refractivity contribution in [1.29, 1.82) is 0 Å². The molecule has 2 atom stereocenters. The van der Waals surface area contributed by atoms with Crippen molar-refractivity contribution in [2.24, 2.45) is 11.7 Å². The van der Waals surface area contributed by atoms with Crippen LogP contribution in [-0.4, -0.2) is 99.4 Å². The van der Waals surface area contributed by atoms with Gasteiger partial charge in [-0.1, -0.05) is 0 Å². The number of likely N-dealkylation sites (tertiary alicyclic amines) is 2. The fraction of sp³-hybridized carbons (Fsp3) is 0.571. The first-order valence-electron chi connectivity index (χ1n) is 13.7. The molecule has 39 heavy (non-hydrogen) atoms. The van der Waals surface area contributed by atoms with Gasteiger partial charge in [0.05, 0.1) is 27.0 Å². The third-order valence-electron chi connectivity index (χ3n) is 7.61. The van der Waals surface area contributed by atoms with Crippen LogP contribution in [0.5, 0.6) is 11.5 Å². The Morgan fingerprint density at radius 3 is 2.56 bits per heavy atom. The Balaban J connectivity index is 1.14. The minimum Gasteiger partial charge on any atom is -0.507 e. The molecule has 3 heterocycles. The highest BCUT2D eigenvalue weighted by Crippen LogP contribution is 2.25. The summed E-state index contributed by atoms with van der Waals surface area (Å²) in [6.07, 6.45) is 6.37. The number of phenolic OH excluding ortho intramolecular Hbond substituents is 1. The van der Waals surface area contributed by atoms with Crippen LogP contribution in [0.3, 0.4) is 0 Å². The second-order valence-electron chi connectivity index (χ2n) is 10.5. The lowest BCUT2D eigenvalue weighted by Crippen LogP contribution is -2.45. The molecule has 0 saturated carbocycles. The van der Waals surface area contributed by atoms with E-state index in [0.29, 0.717) is 41.3 Å². The van der Waals surface area contributed by atoms with E-state index in [1.54, 1.807) is 12.3 Å². The molecule has 1 aromatic heterocycles. The second kappa shape index (κ2) is 14.2. The molecule has 0 spiro atoms. The van der Waals surface area contributed by atoms with Crippen LogP contribution in [0, 0.1) is 5.92 Å². The zero-order chi connectivity index (χ0) is 27.8. The van der Waals surface area contributed by atoms with Crippen molar-refractivity contribution in [2.75, 3.05) is 52.1 Å². The quantitative estimate of drug-likeness (QED) is 0.321. The fourth-order valence-electron chi connectivity index (χ4n) is 5.09. The molecule has 2 fully saturated rings. The number of aromatic nitrogens is 1. The number of aromatic hydroxyl groups is 1. The lowest BCUT2D eigenvalue weighted by Gasteiger charge is -2.33. The lowest BCUT2D eigenvalue weighted by molar-refractivity contribution is 0.0693. The van der Waals surface area contributed by atoms with E-state index in [-0.39, 0.29) is 18.3 Å². The molecule has 1 aromatic carbocycles. The molecule has 4 rings (SSSR count). The van der Waals surface area contributed by atoms with Crippen LogP contribution in [0.2, 0.25) is 0 Å². The van der Waals surface area contributed by atoms with Gasteiger partial charge in [0.1, 0.15) is 24.2 Å². The maximum atomic E-state index is 12.8. The highest BCUT2D eigenvalue weighted by atomic mass is 32.2. The van der Waals surface area contributed by atoms with Crippen molar-refractivity contribution < 1.29 is 24.0 Å². The molecule has 0 bridgehead atoms. The highest BCUT2D eigenvalue weighted by Gasteiger charge is 2.24. The van der Waals surface area contributed by atoms with E-state index in [2.05, 4.69) is 15.2 Å². The topological polar surface area (TPSA) is 141 Å². The van der Waals surface area contributed by atoms with Gasteiger partial charge >= 0.3 is 0 Å². The number of benzene rings is 1. The molecular weight excluding hydrogens is 518 g/mol. The average molecular weight is 560 g/mol. The smallest absolute Gasteiger partial charge is 0.255 e. The predicted octanol–water partition coefficient (Wildman–Crippen LogP) is 1.33. The van der Waals surface area contributed by atoms with Gasteiger partial charge in [-0.3, -0.25) is 18.9 Å². The standard InChI is InChI=1S/C28H41N5O5S/c1-39(37)27-14-25(4-5-26(27)35)38-19-24(34)17-31-22-8-10-32(11-9-22)18-23-3-2-21(16-30-23)28(36)33-12-6-20(15-29)7-13-33/h2-5,14,16,20,22,24,31,34-35H,6-13,15,17-19,29H2,1H3. The molecule has 2 unspecified atom stereocenters. The van der Waals surface area contributed by atoms with Crippen molar-refractivity contribution in [3.8, 4) is 11.5 Å². The summed E-state index contributed by atoms with van der Waals surface area (Å²) >= 11 is 0. The molecule has 214 valence electrons. The molecule has 11 heteroatoms. The number of rotatable bonds is 11. The summed E-state index contributed by atoms with van der Waals surface area (Å²) in [5, 5.41) is 23.5. The molecule has 0 aliphatic carbocycles. The first-order chi connectivity index (χ1) is 18.8. The van der Waals surface area contributed by atoms with Gasteiger partial charge in [-0.15, -0.1) is 0 Å². The van der Waals surface area contributed by atoms with Gasteiger partial charge in [0.15, 0.2) is 0 Å². The number of ether oxygens (including phenoxy) is 1. The van der Waals surface area contributed by atoms with Crippen molar-refractivity contribution in [3.63, 3.8) is 0 Å². The Kier molecular flexibility index (Phi) is 10.7. The summed E-state index contributed by atoms with van der Waals surface area (Å²) in [4.78, 5) is 21.9. The van der Waals surface area contributed by atoms with Crippen LogP contribution in [0.25, 0.3) is 0 Å². The fourth-order valence-corrected chi connectivity index (χ4v) is 5.74. The summed E-state index contributed by atoms with van der Waals surface area (Å²) < 4.78 is 17.3. The van der Waals surface area contributed by atoms with Crippen molar-refractivity contribution >= 4 is 16.7 Å². The SMILES string of the molecule is CS(=O)c1cc(OCC(O)CNC2CCN(Cc3ccc(C(=O)N4CCC(CN)CC4)cn3)CC2)ccc1O. The van der Waals surface area contributed by atoms with Crippen molar-refractivity contribution in [3.05, 3.63) is 47.8 Å². The van der Waals surface area contributed by atoms with Gasteiger partial charge < -0.3 is 30.9 Å². The van der Waals surface area contributed by atoms with Crippen LogP contribution in [-0.2, 0) is 17.3 Å². The maximum Gasteiger partial charge on any atom is 0.255 e. The Morgan fingerprint density at radius 1 is 1.18 bits per heavy atom. The van der Waals surface area contributed by atoms with E-state index in [1.807, 2.05) is 17.0 Å². The summed E-state index contributed by atoms with van der Waals surface area (Å²) in [6, 6.07) is 8.73. The van der Waals surface area contributed by atoms with E-state index in [1.165, 1.54) is 18.4 Å². The number of phenols is 1. The van der Waals surface area contributed by atoms with Gasteiger partial charge in [0.2, 0.25) is 0 Å². The number of carbonyl (C=O) groups excluding carboxylic acids is 1. The molecule has 5 N–H and O–H groups in total. The zero-order valence-electron chi connectivity index (χ0n) is 22.6. The molecule has 0 radical (unpaired) electrons. The van der Waals surface area contributed by atoms with E-state index < -0.39 is 16.9 Å². The normalized spacial score (nSPS) is 19.1. The molecule has 1 amide bonds. The molecule has 10 nitrogen and oxygen atoms in total. The number of aliphatic hydroxyl groups is 1. The van der Waals surface area contributed by atoms with Crippen molar-refractivity contribution in [1.82, 2.24) is 20.1 Å². The number of nitrogens with two attached hydrogens (primary N) is 1. The number of piperidine rings is 2. The zero-order valence-corrected chi connectivity index (χ0v) is 23.4. The van der Waals surface area contributed by atoms with Gasteiger partial charge in [-0.25, -0.2) is 0 Å². The number of carbonyl (C=O) groups is 1. The monoisotopic (exact) mass is 559 g/mol. The van der Waals surface area contributed by atoms with Crippen LogP contribution >= 0.6 is 0 Å². The molecule has 2 saturated heterocycles. The summed E-state index contributed by atoms with van der Waals surface area (Å²) in [6.45, 7) is 5.32. The first-order valence-corrected chi connectivity index (χ1v) is 15.3. The van der Waals surface area contributed by atoms with Crippen LogP contribution in [0.1, 0.15) is 41.7 Å². The van der Waals surface area contributed by atoms with E-state index in [9.17, 15) is 19.2 Å². The molecule has 2 aromatic rings. The number of aliphatic hydroxyl groups excluding tert-OH is 1. The third kappa shape index (κ3) is 8.46. The Bertz CT molecular complexity index is 1100. The van der Waals surface area contributed by atoms with E-state index in [0.717, 1.165) is 64.1 Å². The maximum absolute atomic E-state index is 12.8. The number of pyridine rings is 1. The summed E-state index contributed by atoms with van der Waals surface area (Å²) in [7, 11) is -1.33. The number of nitrogens with zero attached hydrogens (tertiary/aromatic N) is 3. The Morgan fingerprint density at radius 2 is 1.92 bits per heavy atom. The number of nitrogens with one attached hydrogen (secondary N) is 1. The Labute approximate surface area is 233 Å². The molecule has 2 aliphatic rings. The van der Waals surface area contributed by atoms with Crippen LogP contribution in [0.15, 0.2) is 41.4 Å². The van der Waals surface area contributed by atoms with Crippen LogP contribution in [0.4, 0.5) is 0 Å². The number of hydrogen-bond donors (Lipinski definition) is 4. The molecule has 2 aliphatic heterocycles. The van der Waals surface area contributed by atoms with Crippen LogP contribution < -0.4 is 15.8 Å². The van der Waals surface area contributed by atoms with E-state index >= 15 is 0 Å². The van der Waals surface area contributed by atoms with E-state index in [4.69, 9.17) is 10.5 Å². The average Bonchev–Trinajstić information content (AvgIpc) is 2.96. The number of amides is 1. The van der Waals surface area contributed by atoms with Gasteiger partial charge in [-0.2, -0.15) is 0 Å². The highest BCUT2D eigenvalue weighted by molar-refractivity contribution is 7.84. The lowest BCUT2D eigenvalue weighted by atomic mass is 9.97. The van der Waals surface area contributed by atoms with Crippen molar-refractivity contribution in [2.45, 2.75) is 49.3 Å². The third-order valence-corrected chi connectivity index (χ3v) is 8.55.